The molecule has 0 aromatic rings. The quantitative estimate of drug-likeness (QED) is 0.755. The van der Waals surface area contributed by atoms with Gasteiger partial charge in [-0.15, -0.1) is 0 Å². The van der Waals surface area contributed by atoms with E-state index < -0.39 is 0 Å². The van der Waals surface area contributed by atoms with Crippen LogP contribution in [-0.4, -0.2) is 18.0 Å². The zero-order valence-electron chi connectivity index (χ0n) is 11.4. The highest BCUT2D eigenvalue weighted by Gasteiger charge is 2.20. The summed E-state index contributed by atoms with van der Waals surface area (Å²) in [5, 5.41) is 0. The number of hydrogen-bond donors (Lipinski definition) is 1. The molecule has 1 aliphatic rings. The smallest absolute Gasteiger partial charge is 0.0389 e. The molecule has 0 bridgehead atoms. The molecule has 1 unspecified atom stereocenters. The number of likely N-dealkylation sites (tertiary alicyclic amines) is 1. The number of nitrogens with two attached hydrogens (primary N) is 1. The van der Waals surface area contributed by atoms with E-state index in [1.165, 1.54) is 43.6 Å². The maximum atomic E-state index is 5.59. The second kappa shape index (κ2) is 7.21. The van der Waals surface area contributed by atoms with Crippen molar-refractivity contribution in [2.75, 3.05) is 13.1 Å². The van der Waals surface area contributed by atoms with Crippen LogP contribution in [0.4, 0.5) is 0 Å². The second-order valence-electron chi connectivity index (χ2n) is 4.66. The highest BCUT2D eigenvalue weighted by atomic mass is 15.1. The average molecular weight is 234 g/mol. The molecule has 1 saturated heterocycles. The van der Waals surface area contributed by atoms with Gasteiger partial charge in [-0.3, -0.25) is 0 Å². The lowest BCUT2D eigenvalue weighted by atomic mass is 9.93. The van der Waals surface area contributed by atoms with E-state index in [9.17, 15) is 0 Å². The van der Waals surface area contributed by atoms with Gasteiger partial charge in [0.1, 0.15) is 0 Å². The Kier molecular flexibility index (Phi) is 5.88. The van der Waals surface area contributed by atoms with E-state index in [-0.39, 0.29) is 0 Å². The van der Waals surface area contributed by atoms with Crippen LogP contribution in [0.3, 0.4) is 0 Å². The molecule has 1 aliphatic heterocycles. The summed E-state index contributed by atoms with van der Waals surface area (Å²) in [6.07, 6.45) is 12.2. The molecule has 1 rings (SSSR count). The van der Waals surface area contributed by atoms with Gasteiger partial charge >= 0.3 is 0 Å². The molecule has 1 atom stereocenters. The number of hydrogen-bond acceptors (Lipinski definition) is 2. The lowest BCUT2D eigenvalue weighted by Crippen LogP contribution is -2.32. The molecule has 1 fully saturated rings. The zero-order chi connectivity index (χ0) is 12.7. The maximum Gasteiger partial charge on any atom is 0.0389 e. The zero-order valence-corrected chi connectivity index (χ0v) is 11.4. The minimum Gasteiger partial charge on any atom is -0.405 e. The van der Waals surface area contributed by atoms with Crippen LogP contribution < -0.4 is 5.73 Å². The van der Waals surface area contributed by atoms with Crippen LogP contribution in [0.2, 0.25) is 0 Å². The first kappa shape index (κ1) is 13.9. The van der Waals surface area contributed by atoms with Gasteiger partial charge < -0.3 is 10.6 Å². The van der Waals surface area contributed by atoms with Gasteiger partial charge in [-0.2, -0.15) is 0 Å². The molecule has 2 nitrogen and oxygen atoms in total. The van der Waals surface area contributed by atoms with E-state index in [2.05, 4.69) is 43.9 Å². The summed E-state index contributed by atoms with van der Waals surface area (Å²) in [4.78, 5) is 2.52. The largest absolute Gasteiger partial charge is 0.405 e. The minimum atomic E-state index is 0.341. The number of nitrogens with zero attached hydrogens (tertiary/aromatic N) is 1. The van der Waals surface area contributed by atoms with Crippen molar-refractivity contribution in [1.29, 1.82) is 0 Å². The van der Waals surface area contributed by atoms with Gasteiger partial charge in [0.2, 0.25) is 0 Å². The lowest BCUT2D eigenvalue weighted by Gasteiger charge is -2.34. The monoisotopic (exact) mass is 234 g/mol. The first-order valence-electron chi connectivity index (χ1n) is 6.67. The summed E-state index contributed by atoms with van der Waals surface area (Å²) >= 11 is 0. The van der Waals surface area contributed by atoms with E-state index in [1.807, 2.05) is 0 Å². The van der Waals surface area contributed by atoms with Crippen molar-refractivity contribution in [3.8, 4) is 0 Å². The Bertz CT molecular complexity index is 307. The highest BCUT2D eigenvalue weighted by molar-refractivity contribution is 5.25. The molecule has 0 amide bonds. The van der Waals surface area contributed by atoms with E-state index >= 15 is 0 Å². The standard InChI is InChI=1S/C15H26N2/c1-4-13(3)14(9-10-16)15(5-2)17-11-7-6-8-12-17/h4-5,9-10,14H,6-8,11-12,16H2,1-3H3/b10-9+,13-4-,15-5+. The van der Waals surface area contributed by atoms with Crippen LogP contribution in [0.5, 0.6) is 0 Å². The van der Waals surface area contributed by atoms with Gasteiger partial charge in [0.05, 0.1) is 0 Å². The number of allylic oxidation sites excluding steroid dienone is 3. The summed E-state index contributed by atoms with van der Waals surface area (Å²) < 4.78 is 0. The fraction of sp³-hybridized carbons (Fsp3) is 0.600. The molecule has 1 heterocycles. The maximum absolute atomic E-state index is 5.59. The highest BCUT2D eigenvalue weighted by Crippen LogP contribution is 2.27. The molecule has 17 heavy (non-hydrogen) atoms. The van der Waals surface area contributed by atoms with Gasteiger partial charge in [-0.05, 0) is 46.2 Å². The molecule has 0 spiro atoms. The summed E-state index contributed by atoms with van der Waals surface area (Å²) in [5.74, 6) is 0.341. The van der Waals surface area contributed by atoms with Gasteiger partial charge in [-0.1, -0.05) is 23.8 Å². The van der Waals surface area contributed by atoms with Crippen molar-refractivity contribution in [3.05, 3.63) is 35.7 Å². The summed E-state index contributed by atoms with van der Waals surface area (Å²) in [7, 11) is 0. The number of piperidine rings is 1. The number of rotatable bonds is 4. The van der Waals surface area contributed by atoms with Crippen LogP contribution in [0, 0.1) is 5.92 Å². The van der Waals surface area contributed by atoms with Crippen molar-refractivity contribution in [3.63, 3.8) is 0 Å². The van der Waals surface area contributed by atoms with Crippen molar-refractivity contribution in [1.82, 2.24) is 4.90 Å². The van der Waals surface area contributed by atoms with E-state index in [4.69, 9.17) is 5.73 Å². The van der Waals surface area contributed by atoms with Crippen molar-refractivity contribution in [2.45, 2.75) is 40.0 Å². The first-order valence-corrected chi connectivity index (χ1v) is 6.67. The third kappa shape index (κ3) is 3.65. The minimum absolute atomic E-state index is 0.341. The molecule has 0 aromatic carbocycles. The Morgan fingerprint density at radius 1 is 1.12 bits per heavy atom. The van der Waals surface area contributed by atoms with Gasteiger partial charge in [0.25, 0.3) is 0 Å². The molecular formula is C15H26N2. The predicted molar refractivity (Wildman–Crippen MR) is 75.4 cm³/mol. The van der Waals surface area contributed by atoms with E-state index in [0.29, 0.717) is 5.92 Å². The molecule has 0 saturated carbocycles. The second-order valence-corrected chi connectivity index (χ2v) is 4.66. The summed E-state index contributed by atoms with van der Waals surface area (Å²) in [6.45, 7) is 8.77. The molecular weight excluding hydrogens is 208 g/mol. The molecule has 96 valence electrons. The van der Waals surface area contributed by atoms with Crippen LogP contribution in [0.25, 0.3) is 0 Å². The van der Waals surface area contributed by atoms with Gasteiger partial charge in [0.15, 0.2) is 0 Å². The molecule has 0 radical (unpaired) electrons. The Morgan fingerprint density at radius 3 is 2.24 bits per heavy atom. The van der Waals surface area contributed by atoms with Crippen LogP contribution >= 0.6 is 0 Å². The van der Waals surface area contributed by atoms with Crippen LogP contribution in [0.15, 0.2) is 35.7 Å². The average Bonchev–Trinajstić information content (AvgIpc) is 2.39. The Balaban J connectivity index is 2.88. The Morgan fingerprint density at radius 2 is 1.76 bits per heavy atom. The van der Waals surface area contributed by atoms with E-state index in [0.717, 1.165) is 0 Å². The molecule has 0 aliphatic carbocycles. The SMILES string of the molecule is C/C=C(/C)C(/C=C/N)/C(=C\C)N1CCCCC1. The van der Waals surface area contributed by atoms with Crippen LogP contribution in [-0.2, 0) is 0 Å². The third-order valence-corrected chi connectivity index (χ3v) is 3.59. The third-order valence-electron chi connectivity index (χ3n) is 3.59. The van der Waals surface area contributed by atoms with E-state index in [1.54, 1.807) is 6.20 Å². The summed E-state index contributed by atoms with van der Waals surface area (Å²) in [5.41, 5.74) is 8.36. The molecule has 0 aromatic heterocycles. The first-order chi connectivity index (χ1) is 8.24. The van der Waals surface area contributed by atoms with Crippen molar-refractivity contribution in [2.24, 2.45) is 11.7 Å². The van der Waals surface area contributed by atoms with Gasteiger partial charge in [0, 0.05) is 24.7 Å². The fourth-order valence-corrected chi connectivity index (χ4v) is 2.49. The Hall–Kier alpha value is -1.18. The lowest BCUT2D eigenvalue weighted by molar-refractivity contribution is 0.269. The molecule has 2 heteroatoms. The topological polar surface area (TPSA) is 29.3 Å². The normalized spacial score (nSPS) is 21.0. The predicted octanol–water partition coefficient (Wildman–Crippen LogP) is 3.43. The fourth-order valence-electron chi connectivity index (χ4n) is 2.49. The molecule has 2 N–H and O–H groups in total. The Labute approximate surface area is 106 Å². The van der Waals surface area contributed by atoms with Crippen LogP contribution in [0.1, 0.15) is 40.0 Å². The van der Waals surface area contributed by atoms with Crippen molar-refractivity contribution >= 4 is 0 Å². The van der Waals surface area contributed by atoms with Gasteiger partial charge in [-0.25, -0.2) is 0 Å². The van der Waals surface area contributed by atoms with Crippen molar-refractivity contribution < 1.29 is 0 Å². The summed E-state index contributed by atoms with van der Waals surface area (Å²) in [6, 6.07) is 0.